The molecule has 0 aliphatic rings. The first kappa shape index (κ1) is 18.6. The van der Waals surface area contributed by atoms with E-state index >= 15 is 0 Å². The first-order chi connectivity index (χ1) is 14.0. The van der Waals surface area contributed by atoms with Crippen LogP contribution in [0.4, 0.5) is 5.69 Å². The number of ether oxygens (including phenoxy) is 1. The van der Waals surface area contributed by atoms with Gasteiger partial charge in [0.1, 0.15) is 10.9 Å². The summed E-state index contributed by atoms with van der Waals surface area (Å²) < 4.78 is 6.72. The van der Waals surface area contributed by atoms with E-state index in [9.17, 15) is 10.1 Å². The Morgan fingerprint density at radius 1 is 1.14 bits per heavy atom. The third-order valence-electron chi connectivity index (χ3n) is 4.19. The number of rotatable bonds is 6. The van der Waals surface area contributed by atoms with E-state index in [0.717, 1.165) is 17.0 Å². The van der Waals surface area contributed by atoms with Crippen molar-refractivity contribution in [3.05, 3.63) is 75.6 Å². The van der Waals surface area contributed by atoms with Crippen LogP contribution >= 0.6 is 11.6 Å². The van der Waals surface area contributed by atoms with E-state index in [-0.39, 0.29) is 5.69 Å². The minimum absolute atomic E-state index is 0.0266. The lowest BCUT2D eigenvalue weighted by molar-refractivity contribution is -0.384. The summed E-state index contributed by atoms with van der Waals surface area (Å²) in [5, 5.41) is 27.8. The fourth-order valence-corrected chi connectivity index (χ4v) is 2.97. The molecule has 0 radical (unpaired) electrons. The van der Waals surface area contributed by atoms with E-state index in [0.29, 0.717) is 23.1 Å². The van der Waals surface area contributed by atoms with Crippen molar-refractivity contribution in [2.45, 2.75) is 6.54 Å². The number of methoxy groups -OCH3 is 1. The molecule has 4 rings (SSSR count). The SMILES string of the molecule is COc1ccc(-n2ncc(-c3nnn(Cc4ccc([N+](=O)[O-])cc4)n3)c2Cl)cc1. The first-order valence-corrected chi connectivity index (χ1v) is 8.82. The number of halogens is 1. The Morgan fingerprint density at radius 2 is 1.86 bits per heavy atom. The van der Waals surface area contributed by atoms with E-state index in [1.165, 1.54) is 16.9 Å². The second-order valence-electron chi connectivity index (χ2n) is 6.03. The van der Waals surface area contributed by atoms with Crippen LogP contribution in [0.3, 0.4) is 0 Å². The Morgan fingerprint density at radius 3 is 2.52 bits per heavy atom. The molecule has 11 heteroatoms. The fourth-order valence-electron chi connectivity index (χ4n) is 2.69. The number of hydrogen-bond donors (Lipinski definition) is 0. The summed E-state index contributed by atoms with van der Waals surface area (Å²) in [5.74, 6) is 1.06. The molecule has 0 aliphatic carbocycles. The molecule has 0 aliphatic heterocycles. The van der Waals surface area contributed by atoms with Crippen LogP contribution < -0.4 is 4.74 Å². The number of nitro groups is 1. The van der Waals surface area contributed by atoms with Crippen LogP contribution in [0.1, 0.15) is 5.56 Å². The summed E-state index contributed by atoms with van der Waals surface area (Å²) in [4.78, 5) is 11.7. The molecule has 4 aromatic rings. The number of benzene rings is 2. The monoisotopic (exact) mass is 411 g/mol. The summed E-state index contributed by atoms with van der Waals surface area (Å²) >= 11 is 6.47. The maximum atomic E-state index is 10.7. The Balaban J connectivity index is 1.55. The number of tetrazole rings is 1. The summed E-state index contributed by atoms with van der Waals surface area (Å²) in [6.45, 7) is 0.315. The lowest BCUT2D eigenvalue weighted by Crippen LogP contribution is -2.04. The van der Waals surface area contributed by atoms with Gasteiger partial charge in [0.2, 0.25) is 5.82 Å². The van der Waals surface area contributed by atoms with Gasteiger partial charge in [0, 0.05) is 12.1 Å². The molecule has 146 valence electrons. The van der Waals surface area contributed by atoms with Gasteiger partial charge in [0.25, 0.3) is 5.69 Å². The molecule has 0 bridgehead atoms. The van der Waals surface area contributed by atoms with Crippen LogP contribution in [-0.4, -0.2) is 42.0 Å². The molecule has 10 nitrogen and oxygen atoms in total. The normalized spacial score (nSPS) is 10.8. The zero-order valence-electron chi connectivity index (χ0n) is 15.1. The second kappa shape index (κ2) is 7.68. The first-order valence-electron chi connectivity index (χ1n) is 8.44. The van der Waals surface area contributed by atoms with Crippen molar-refractivity contribution in [3.8, 4) is 22.8 Å². The number of aromatic nitrogens is 6. The largest absolute Gasteiger partial charge is 0.497 e. The van der Waals surface area contributed by atoms with Crippen LogP contribution in [0, 0.1) is 10.1 Å². The molecule has 0 saturated heterocycles. The summed E-state index contributed by atoms with van der Waals surface area (Å²) in [5.41, 5.74) is 2.14. The van der Waals surface area contributed by atoms with Gasteiger partial charge in [-0.15, -0.1) is 10.2 Å². The van der Waals surface area contributed by atoms with Gasteiger partial charge >= 0.3 is 0 Å². The van der Waals surface area contributed by atoms with Gasteiger partial charge in [-0.05, 0) is 35.0 Å². The molecule has 29 heavy (non-hydrogen) atoms. The van der Waals surface area contributed by atoms with E-state index < -0.39 is 4.92 Å². The summed E-state index contributed by atoms with van der Waals surface area (Å²) in [6.07, 6.45) is 1.57. The number of nitro benzene ring substituents is 1. The highest BCUT2D eigenvalue weighted by Gasteiger charge is 2.17. The van der Waals surface area contributed by atoms with Crippen molar-refractivity contribution < 1.29 is 9.66 Å². The minimum atomic E-state index is -0.446. The van der Waals surface area contributed by atoms with Gasteiger partial charge in [-0.2, -0.15) is 9.90 Å². The summed E-state index contributed by atoms with van der Waals surface area (Å²) in [7, 11) is 1.60. The predicted octanol–water partition coefficient (Wildman–Crippen LogP) is 3.14. The zero-order chi connectivity index (χ0) is 20.4. The molecule has 0 spiro atoms. The van der Waals surface area contributed by atoms with Gasteiger partial charge in [0.15, 0.2) is 0 Å². The van der Waals surface area contributed by atoms with Crippen molar-refractivity contribution in [3.63, 3.8) is 0 Å². The van der Waals surface area contributed by atoms with Crippen LogP contribution in [0.2, 0.25) is 5.15 Å². The van der Waals surface area contributed by atoms with Gasteiger partial charge in [0.05, 0.1) is 36.0 Å². The van der Waals surface area contributed by atoms with Crippen LogP contribution in [-0.2, 0) is 6.54 Å². The van der Waals surface area contributed by atoms with Crippen LogP contribution in [0.15, 0.2) is 54.7 Å². The average molecular weight is 412 g/mol. The Bertz CT molecular complexity index is 1150. The second-order valence-corrected chi connectivity index (χ2v) is 6.38. The van der Waals surface area contributed by atoms with E-state index in [4.69, 9.17) is 16.3 Å². The topological polar surface area (TPSA) is 114 Å². The van der Waals surface area contributed by atoms with Crippen molar-refractivity contribution in [1.29, 1.82) is 0 Å². The van der Waals surface area contributed by atoms with Crippen molar-refractivity contribution in [2.75, 3.05) is 7.11 Å². The third-order valence-corrected chi connectivity index (χ3v) is 4.56. The van der Waals surface area contributed by atoms with Crippen molar-refractivity contribution in [1.82, 2.24) is 30.0 Å². The highest BCUT2D eigenvalue weighted by atomic mass is 35.5. The van der Waals surface area contributed by atoms with Gasteiger partial charge in [-0.1, -0.05) is 23.7 Å². The molecular formula is C18H14ClN7O3. The van der Waals surface area contributed by atoms with Crippen LogP contribution in [0.5, 0.6) is 5.75 Å². The zero-order valence-corrected chi connectivity index (χ0v) is 15.9. The molecule has 0 unspecified atom stereocenters. The number of hydrogen-bond acceptors (Lipinski definition) is 7. The number of nitrogens with zero attached hydrogens (tertiary/aromatic N) is 7. The van der Waals surface area contributed by atoms with E-state index in [1.54, 1.807) is 30.1 Å². The molecule has 2 aromatic heterocycles. The quantitative estimate of drug-likeness (QED) is 0.353. The predicted molar refractivity (Wildman–Crippen MR) is 104 cm³/mol. The molecular weight excluding hydrogens is 398 g/mol. The minimum Gasteiger partial charge on any atom is -0.497 e. The lowest BCUT2D eigenvalue weighted by Gasteiger charge is -2.04. The highest BCUT2D eigenvalue weighted by Crippen LogP contribution is 2.27. The Kier molecular flexibility index (Phi) is 4.92. The standard InChI is InChI=1S/C18H14ClN7O3/c1-29-15-8-6-13(7-9-15)25-17(19)16(10-20-25)18-21-23-24(22-18)11-12-2-4-14(5-3-12)26(27)28/h2-10H,11H2,1H3. The Hall–Kier alpha value is -3.79. The molecule has 0 atom stereocenters. The molecule has 2 heterocycles. The van der Waals surface area contributed by atoms with Gasteiger partial charge in [-0.25, -0.2) is 4.68 Å². The Labute approximate surface area is 169 Å². The van der Waals surface area contributed by atoms with Crippen molar-refractivity contribution >= 4 is 17.3 Å². The number of non-ortho nitro benzene ring substituents is 1. The fraction of sp³-hybridized carbons (Fsp3) is 0.111. The maximum Gasteiger partial charge on any atom is 0.269 e. The van der Waals surface area contributed by atoms with Gasteiger partial charge in [-0.3, -0.25) is 10.1 Å². The molecule has 0 fully saturated rings. The average Bonchev–Trinajstić information content (AvgIpc) is 3.35. The van der Waals surface area contributed by atoms with Crippen LogP contribution in [0.25, 0.3) is 17.1 Å². The van der Waals surface area contributed by atoms with Gasteiger partial charge < -0.3 is 4.74 Å². The molecule has 0 amide bonds. The molecule has 0 N–H and O–H groups in total. The summed E-state index contributed by atoms with van der Waals surface area (Å²) in [6, 6.07) is 13.5. The molecule has 0 saturated carbocycles. The van der Waals surface area contributed by atoms with E-state index in [1.807, 2.05) is 24.3 Å². The van der Waals surface area contributed by atoms with E-state index in [2.05, 4.69) is 20.5 Å². The highest BCUT2D eigenvalue weighted by molar-refractivity contribution is 6.32. The molecule has 2 aromatic carbocycles. The smallest absolute Gasteiger partial charge is 0.269 e. The lowest BCUT2D eigenvalue weighted by atomic mass is 10.2. The maximum absolute atomic E-state index is 10.7. The third kappa shape index (κ3) is 3.78. The van der Waals surface area contributed by atoms with Crippen molar-refractivity contribution in [2.24, 2.45) is 0 Å².